The fourth-order valence-corrected chi connectivity index (χ4v) is 2.65. The maximum Gasteiger partial charge on any atom is 0.416 e. The van der Waals surface area contributed by atoms with Crippen molar-refractivity contribution < 1.29 is 18.0 Å². The molecule has 0 bridgehead atoms. The normalized spacial score (nSPS) is 11.8. The molecule has 0 aliphatic carbocycles. The third-order valence-corrected chi connectivity index (χ3v) is 4.36. The van der Waals surface area contributed by atoms with Crippen LogP contribution >= 0.6 is 0 Å². The SMILES string of the molecule is CN(C)C(=O)CNC(=NCc1cccc(C(F)(F)F)c1)NCCCc1ccccc1. The van der Waals surface area contributed by atoms with E-state index in [0.717, 1.165) is 25.0 Å². The molecular weight excluding hydrogens is 393 g/mol. The van der Waals surface area contributed by atoms with Gasteiger partial charge >= 0.3 is 6.18 Å². The summed E-state index contributed by atoms with van der Waals surface area (Å²) in [4.78, 5) is 17.6. The van der Waals surface area contributed by atoms with Crippen LogP contribution in [0.5, 0.6) is 0 Å². The lowest BCUT2D eigenvalue weighted by Gasteiger charge is -2.15. The number of alkyl halides is 3. The molecule has 0 fully saturated rings. The molecule has 5 nitrogen and oxygen atoms in total. The van der Waals surface area contributed by atoms with Crippen LogP contribution in [-0.4, -0.2) is 44.0 Å². The highest BCUT2D eigenvalue weighted by molar-refractivity contribution is 5.86. The number of carbonyl (C=O) groups is 1. The van der Waals surface area contributed by atoms with Crippen LogP contribution in [0.2, 0.25) is 0 Å². The maximum atomic E-state index is 12.9. The van der Waals surface area contributed by atoms with E-state index in [9.17, 15) is 18.0 Å². The van der Waals surface area contributed by atoms with Gasteiger partial charge in [-0.3, -0.25) is 4.79 Å². The van der Waals surface area contributed by atoms with Crippen LogP contribution in [0.25, 0.3) is 0 Å². The van der Waals surface area contributed by atoms with Gasteiger partial charge in [-0.15, -0.1) is 0 Å². The number of hydrogen-bond donors (Lipinski definition) is 2. The number of nitrogens with one attached hydrogen (secondary N) is 2. The molecule has 2 rings (SSSR count). The lowest BCUT2D eigenvalue weighted by Crippen LogP contribution is -2.43. The van der Waals surface area contributed by atoms with Gasteiger partial charge in [-0.2, -0.15) is 13.2 Å². The minimum Gasteiger partial charge on any atom is -0.356 e. The summed E-state index contributed by atoms with van der Waals surface area (Å²) in [5.41, 5.74) is 0.954. The first-order chi connectivity index (χ1) is 14.3. The molecule has 162 valence electrons. The molecular formula is C22H27F3N4O. The van der Waals surface area contributed by atoms with E-state index in [2.05, 4.69) is 27.8 Å². The summed E-state index contributed by atoms with van der Waals surface area (Å²) in [6, 6.07) is 15.1. The van der Waals surface area contributed by atoms with Gasteiger partial charge in [-0.25, -0.2) is 4.99 Å². The number of rotatable bonds is 8. The molecule has 0 heterocycles. The molecule has 0 spiro atoms. The van der Waals surface area contributed by atoms with Crippen molar-refractivity contribution in [3.63, 3.8) is 0 Å². The lowest BCUT2D eigenvalue weighted by atomic mass is 10.1. The fraction of sp³-hybridized carbons (Fsp3) is 0.364. The molecule has 0 atom stereocenters. The van der Waals surface area contributed by atoms with Gasteiger partial charge in [0.1, 0.15) is 0 Å². The molecule has 0 unspecified atom stereocenters. The quantitative estimate of drug-likeness (QED) is 0.391. The summed E-state index contributed by atoms with van der Waals surface area (Å²) in [5, 5.41) is 6.09. The van der Waals surface area contributed by atoms with Gasteiger partial charge in [0.15, 0.2) is 5.96 Å². The van der Waals surface area contributed by atoms with Gasteiger partial charge in [0, 0.05) is 20.6 Å². The van der Waals surface area contributed by atoms with E-state index < -0.39 is 11.7 Å². The van der Waals surface area contributed by atoms with Crippen molar-refractivity contribution in [3.8, 4) is 0 Å². The van der Waals surface area contributed by atoms with Crippen LogP contribution in [0.3, 0.4) is 0 Å². The zero-order valence-electron chi connectivity index (χ0n) is 17.2. The zero-order valence-corrected chi connectivity index (χ0v) is 17.2. The second-order valence-corrected chi connectivity index (χ2v) is 7.02. The zero-order chi connectivity index (χ0) is 22.0. The lowest BCUT2D eigenvalue weighted by molar-refractivity contribution is -0.137. The monoisotopic (exact) mass is 420 g/mol. The van der Waals surface area contributed by atoms with Gasteiger partial charge in [0.2, 0.25) is 5.91 Å². The van der Waals surface area contributed by atoms with Gasteiger partial charge in [0.25, 0.3) is 0 Å². The van der Waals surface area contributed by atoms with Crippen molar-refractivity contribution in [3.05, 3.63) is 71.3 Å². The van der Waals surface area contributed by atoms with E-state index >= 15 is 0 Å². The Hall–Kier alpha value is -3.03. The highest BCUT2D eigenvalue weighted by Gasteiger charge is 2.30. The molecule has 2 aromatic carbocycles. The summed E-state index contributed by atoms with van der Waals surface area (Å²) in [6.45, 7) is 0.716. The number of aliphatic imine (C=N–C) groups is 1. The Morgan fingerprint density at radius 1 is 1.00 bits per heavy atom. The Kier molecular flexibility index (Phi) is 8.70. The first-order valence-electron chi connectivity index (χ1n) is 9.68. The van der Waals surface area contributed by atoms with Crippen LogP contribution in [0.4, 0.5) is 13.2 Å². The minimum absolute atomic E-state index is 0.0418. The maximum absolute atomic E-state index is 12.9. The number of amides is 1. The molecule has 0 saturated carbocycles. The van der Waals surface area contributed by atoms with Crippen LogP contribution < -0.4 is 10.6 Å². The van der Waals surface area contributed by atoms with E-state index in [0.29, 0.717) is 18.1 Å². The second-order valence-electron chi connectivity index (χ2n) is 7.02. The summed E-state index contributed by atoms with van der Waals surface area (Å²) in [7, 11) is 3.30. The molecule has 0 radical (unpaired) electrons. The van der Waals surface area contributed by atoms with Crippen molar-refractivity contribution >= 4 is 11.9 Å². The average molecular weight is 420 g/mol. The third-order valence-electron chi connectivity index (χ3n) is 4.36. The number of benzene rings is 2. The molecule has 30 heavy (non-hydrogen) atoms. The summed E-state index contributed by atoms with van der Waals surface area (Å²) >= 11 is 0. The van der Waals surface area contributed by atoms with Crippen LogP contribution in [-0.2, 0) is 23.9 Å². The standard InChI is InChI=1S/C22H27F3N4O/c1-29(2)20(30)16-28-21(26-13-7-11-17-8-4-3-5-9-17)27-15-18-10-6-12-19(14-18)22(23,24)25/h3-6,8-10,12,14H,7,11,13,15-16H2,1-2H3,(H2,26,27,28). The van der Waals surface area contributed by atoms with Gasteiger partial charge in [-0.1, -0.05) is 42.5 Å². The van der Waals surface area contributed by atoms with E-state index in [1.54, 1.807) is 20.2 Å². The number of nitrogens with zero attached hydrogens (tertiary/aromatic N) is 2. The topological polar surface area (TPSA) is 56.7 Å². The number of halogens is 3. The van der Waals surface area contributed by atoms with Crippen molar-refractivity contribution in [2.24, 2.45) is 4.99 Å². The third kappa shape index (κ3) is 8.14. The van der Waals surface area contributed by atoms with E-state index in [1.807, 2.05) is 18.2 Å². The molecule has 1 amide bonds. The number of hydrogen-bond acceptors (Lipinski definition) is 2. The van der Waals surface area contributed by atoms with Crippen LogP contribution in [0.1, 0.15) is 23.1 Å². The summed E-state index contributed by atoms with van der Waals surface area (Å²) < 4.78 is 38.7. The molecule has 0 aromatic heterocycles. The number of guanidine groups is 1. The Morgan fingerprint density at radius 2 is 1.70 bits per heavy atom. The molecule has 2 aromatic rings. The Morgan fingerprint density at radius 3 is 2.37 bits per heavy atom. The highest BCUT2D eigenvalue weighted by atomic mass is 19.4. The second kappa shape index (κ2) is 11.2. The summed E-state index contributed by atoms with van der Waals surface area (Å²) in [6.07, 6.45) is -2.67. The van der Waals surface area contributed by atoms with Crippen molar-refractivity contribution in [2.45, 2.75) is 25.6 Å². The first-order valence-corrected chi connectivity index (χ1v) is 9.68. The van der Waals surface area contributed by atoms with Crippen molar-refractivity contribution in [2.75, 3.05) is 27.2 Å². The number of aryl methyl sites for hydroxylation is 1. The number of carbonyl (C=O) groups excluding carboxylic acids is 1. The smallest absolute Gasteiger partial charge is 0.356 e. The Balaban J connectivity index is 1.98. The largest absolute Gasteiger partial charge is 0.416 e. The highest BCUT2D eigenvalue weighted by Crippen LogP contribution is 2.29. The van der Waals surface area contributed by atoms with E-state index in [1.165, 1.54) is 16.5 Å². The predicted molar refractivity (Wildman–Crippen MR) is 112 cm³/mol. The van der Waals surface area contributed by atoms with Gasteiger partial charge < -0.3 is 15.5 Å². The molecule has 2 N–H and O–H groups in total. The molecule has 0 saturated heterocycles. The van der Waals surface area contributed by atoms with Gasteiger partial charge in [-0.05, 0) is 36.1 Å². The van der Waals surface area contributed by atoms with Crippen LogP contribution in [0, 0.1) is 0 Å². The Labute approximate surface area is 175 Å². The molecule has 8 heteroatoms. The van der Waals surface area contributed by atoms with E-state index in [4.69, 9.17) is 0 Å². The van der Waals surface area contributed by atoms with Crippen molar-refractivity contribution in [1.29, 1.82) is 0 Å². The van der Waals surface area contributed by atoms with Crippen molar-refractivity contribution in [1.82, 2.24) is 15.5 Å². The number of likely N-dealkylation sites (N-methyl/N-ethyl adjacent to an activating group) is 1. The molecule has 0 aliphatic rings. The minimum atomic E-state index is -4.39. The fourth-order valence-electron chi connectivity index (χ4n) is 2.65. The Bertz CT molecular complexity index is 836. The summed E-state index contributed by atoms with van der Waals surface area (Å²) in [5.74, 6) is 0.253. The van der Waals surface area contributed by atoms with E-state index in [-0.39, 0.29) is 19.0 Å². The van der Waals surface area contributed by atoms with Crippen LogP contribution in [0.15, 0.2) is 59.6 Å². The average Bonchev–Trinajstić information content (AvgIpc) is 2.72. The molecule has 0 aliphatic heterocycles. The first kappa shape index (κ1) is 23.3. The van der Waals surface area contributed by atoms with Gasteiger partial charge in [0.05, 0.1) is 18.7 Å². The predicted octanol–water partition coefficient (Wildman–Crippen LogP) is 3.46.